The second-order valence-corrected chi connectivity index (χ2v) is 8.48. The summed E-state index contributed by atoms with van der Waals surface area (Å²) in [6.07, 6.45) is 4.99. The quantitative estimate of drug-likeness (QED) is 0.426. The van der Waals surface area contributed by atoms with E-state index in [1.807, 2.05) is 6.07 Å². The van der Waals surface area contributed by atoms with E-state index in [1.165, 1.54) is 11.1 Å². The monoisotopic (exact) mass is 460 g/mol. The van der Waals surface area contributed by atoms with Crippen molar-refractivity contribution in [2.45, 2.75) is 32.9 Å². The number of hydrogen-bond donors (Lipinski definition) is 2. The summed E-state index contributed by atoms with van der Waals surface area (Å²) in [5, 5.41) is 6.93. The first-order valence-corrected chi connectivity index (χ1v) is 11.6. The van der Waals surface area contributed by atoms with E-state index >= 15 is 0 Å². The first-order valence-electron chi connectivity index (χ1n) is 11.6. The van der Waals surface area contributed by atoms with Crippen LogP contribution < -0.4 is 10.6 Å². The standard InChI is InChI=1S/C25H28N6O3/c1-2-34-25(32)23(26)22(16-7-9-33-10-8-16)24-29-20(19-12-27-28-13-19)11-21(30-24)31-14-17-5-3-4-6-18(17)15-31/h3-6,11-13,16H,2,7-10,14-15,26H2,1H3,(H,27,28). The first-order chi connectivity index (χ1) is 16.6. The molecule has 0 amide bonds. The Balaban J connectivity index is 1.62. The number of nitrogens with two attached hydrogens (primary N) is 1. The largest absolute Gasteiger partial charge is 0.461 e. The number of nitrogens with zero attached hydrogens (tertiary/aromatic N) is 4. The van der Waals surface area contributed by atoms with Gasteiger partial charge in [0.25, 0.3) is 0 Å². The zero-order valence-electron chi connectivity index (χ0n) is 19.2. The number of anilines is 1. The predicted molar refractivity (Wildman–Crippen MR) is 127 cm³/mol. The highest BCUT2D eigenvalue weighted by molar-refractivity contribution is 5.96. The number of allylic oxidation sites excluding steroid dienone is 1. The topological polar surface area (TPSA) is 119 Å². The highest BCUT2D eigenvalue weighted by atomic mass is 16.5. The van der Waals surface area contributed by atoms with E-state index in [-0.39, 0.29) is 18.2 Å². The van der Waals surface area contributed by atoms with Gasteiger partial charge in [0, 0.05) is 49.7 Å². The average molecular weight is 461 g/mol. The van der Waals surface area contributed by atoms with E-state index in [2.05, 4.69) is 39.4 Å². The minimum absolute atomic E-state index is 0.00128. The van der Waals surface area contributed by atoms with Crippen molar-refractivity contribution in [3.8, 4) is 11.3 Å². The Morgan fingerprint density at radius 1 is 1.21 bits per heavy atom. The molecule has 1 fully saturated rings. The van der Waals surface area contributed by atoms with E-state index in [4.69, 9.17) is 25.2 Å². The maximum atomic E-state index is 12.7. The van der Waals surface area contributed by atoms with Gasteiger partial charge in [-0.2, -0.15) is 5.10 Å². The normalized spacial score (nSPS) is 16.8. The minimum Gasteiger partial charge on any atom is -0.461 e. The van der Waals surface area contributed by atoms with Crippen LogP contribution in [-0.2, 0) is 27.4 Å². The molecule has 4 heterocycles. The molecule has 3 aromatic rings. The molecule has 3 N–H and O–H groups in total. The fourth-order valence-corrected chi connectivity index (χ4v) is 4.58. The number of fused-ring (bicyclic) bond motifs is 1. The SMILES string of the molecule is CCOC(=O)C(N)=C(c1nc(-c2cn[nH]c2)cc(N2Cc3ccccc3C2)n1)C1CCOCC1. The van der Waals surface area contributed by atoms with Gasteiger partial charge in [0.05, 0.1) is 18.5 Å². The molecular formula is C25H28N6O3. The smallest absolute Gasteiger partial charge is 0.354 e. The fourth-order valence-electron chi connectivity index (χ4n) is 4.58. The van der Waals surface area contributed by atoms with Gasteiger partial charge in [-0.05, 0) is 36.8 Å². The third-order valence-corrected chi connectivity index (χ3v) is 6.33. The number of benzene rings is 1. The Labute approximate surface area is 198 Å². The van der Waals surface area contributed by atoms with Crippen molar-refractivity contribution in [1.82, 2.24) is 20.2 Å². The number of hydrogen-bond acceptors (Lipinski definition) is 8. The van der Waals surface area contributed by atoms with Crippen LogP contribution in [-0.4, -0.2) is 46.0 Å². The molecule has 0 saturated carbocycles. The summed E-state index contributed by atoms with van der Waals surface area (Å²) in [6.45, 7) is 4.70. The molecule has 1 saturated heterocycles. The number of rotatable bonds is 6. The Bertz CT molecular complexity index is 1180. The van der Waals surface area contributed by atoms with Crippen molar-refractivity contribution >= 4 is 17.4 Å². The number of nitrogens with one attached hydrogen (secondary N) is 1. The third-order valence-electron chi connectivity index (χ3n) is 6.33. The maximum Gasteiger partial charge on any atom is 0.354 e. The summed E-state index contributed by atoms with van der Waals surface area (Å²) in [6, 6.07) is 10.3. The molecule has 176 valence electrons. The van der Waals surface area contributed by atoms with Gasteiger partial charge < -0.3 is 20.1 Å². The number of carbonyl (C=O) groups excluding carboxylic acids is 1. The second kappa shape index (κ2) is 9.64. The number of esters is 1. The van der Waals surface area contributed by atoms with Crippen molar-refractivity contribution in [2.24, 2.45) is 11.7 Å². The van der Waals surface area contributed by atoms with Crippen LogP contribution in [0.15, 0.2) is 48.4 Å². The molecule has 2 aliphatic heterocycles. The van der Waals surface area contributed by atoms with Crippen LogP contribution in [0.3, 0.4) is 0 Å². The van der Waals surface area contributed by atoms with Crippen molar-refractivity contribution in [3.63, 3.8) is 0 Å². The van der Waals surface area contributed by atoms with Gasteiger partial charge in [-0.3, -0.25) is 5.10 Å². The molecule has 34 heavy (non-hydrogen) atoms. The lowest BCUT2D eigenvalue weighted by atomic mass is 9.89. The van der Waals surface area contributed by atoms with E-state index in [9.17, 15) is 4.79 Å². The molecule has 0 unspecified atom stereocenters. The van der Waals surface area contributed by atoms with E-state index in [1.54, 1.807) is 19.3 Å². The molecule has 0 spiro atoms. The Kier molecular flexibility index (Phi) is 6.27. The molecule has 0 bridgehead atoms. The Hall–Kier alpha value is -3.72. The van der Waals surface area contributed by atoms with Crippen LogP contribution in [0.25, 0.3) is 16.8 Å². The Morgan fingerprint density at radius 3 is 2.59 bits per heavy atom. The fraction of sp³-hybridized carbons (Fsp3) is 0.360. The van der Waals surface area contributed by atoms with Crippen LogP contribution >= 0.6 is 0 Å². The maximum absolute atomic E-state index is 12.7. The van der Waals surface area contributed by atoms with Crippen LogP contribution in [0.1, 0.15) is 36.7 Å². The predicted octanol–water partition coefficient (Wildman–Crippen LogP) is 3.05. The number of aromatic nitrogens is 4. The van der Waals surface area contributed by atoms with Gasteiger partial charge in [0.15, 0.2) is 5.82 Å². The zero-order chi connectivity index (χ0) is 23.5. The van der Waals surface area contributed by atoms with Crippen molar-refractivity contribution in [3.05, 3.63) is 65.4 Å². The average Bonchev–Trinajstić information content (AvgIpc) is 3.55. The highest BCUT2D eigenvalue weighted by Crippen LogP contribution is 2.35. The number of ether oxygens (including phenoxy) is 2. The van der Waals surface area contributed by atoms with Gasteiger partial charge in [-0.15, -0.1) is 0 Å². The van der Waals surface area contributed by atoms with E-state index in [0.29, 0.717) is 30.3 Å². The van der Waals surface area contributed by atoms with Crippen molar-refractivity contribution < 1.29 is 14.3 Å². The highest BCUT2D eigenvalue weighted by Gasteiger charge is 2.29. The van der Waals surface area contributed by atoms with Gasteiger partial charge in [-0.1, -0.05) is 24.3 Å². The molecule has 2 aromatic heterocycles. The van der Waals surface area contributed by atoms with E-state index < -0.39 is 5.97 Å². The summed E-state index contributed by atoms with van der Waals surface area (Å²) < 4.78 is 10.8. The lowest BCUT2D eigenvalue weighted by Crippen LogP contribution is -2.25. The van der Waals surface area contributed by atoms with Crippen molar-refractivity contribution in [1.29, 1.82) is 0 Å². The molecule has 9 heteroatoms. The number of aromatic amines is 1. The van der Waals surface area contributed by atoms with Crippen molar-refractivity contribution in [2.75, 3.05) is 24.7 Å². The third kappa shape index (κ3) is 4.38. The van der Waals surface area contributed by atoms with Gasteiger partial charge in [0.2, 0.25) is 0 Å². The van der Waals surface area contributed by atoms with Gasteiger partial charge in [-0.25, -0.2) is 14.8 Å². The molecule has 2 aliphatic rings. The first kappa shape index (κ1) is 22.1. The summed E-state index contributed by atoms with van der Waals surface area (Å²) in [5.74, 6) is 0.679. The van der Waals surface area contributed by atoms with Crippen LogP contribution in [0.5, 0.6) is 0 Å². The summed E-state index contributed by atoms with van der Waals surface area (Å²) in [4.78, 5) is 24.7. The molecular weight excluding hydrogens is 432 g/mol. The van der Waals surface area contributed by atoms with Crippen LogP contribution in [0.2, 0.25) is 0 Å². The van der Waals surface area contributed by atoms with Crippen LogP contribution in [0.4, 0.5) is 5.82 Å². The molecule has 9 nitrogen and oxygen atoms in total. The molecule has 0 radical (unpaired) electrons. The summed E-state index contributed by atoms with van der Waals surface area (Å²) >= 11 is 0. The number of H-pyrrole nitrogens is 1. The van der Waals surface area contributed by atoms with Crippen LogP contribution in [0, 0.1) is 5.92 Å². The van der Waals surface area contributed by atoms with Gasteiger partial charge in [0.1, 0.15) is 11.5 Å². The lowest BCUT2D eigenvalue weighted by Gasteiger charge is -2.26. The summed E-state index contributed by atoms with van der Waals surface area (Å²) in [5.41, 5.74) is 11.2. The molecule has 5 rings (SSSR count). The Morgan fingerprint density at radius 2 is 1.94 bits per heavy atom. The number of carbonyl (C=O) groups is 1. The minimum atomic E-state index is -0.545. The lowest BCUT2D eigenvalue weighted by molar-refractivity contribution is -0.138. The molecule has 1 aromatic carbocycles. The van der Waals surface area contributed by atoms with Gasteiger partial charge >= 0.3 is 5.97 Å². The molecule has 0 atom stereocenters. The summed E-state index contributed by atoms with van der Waals surface area (Å²) in [7, 11) is 0. The zero-order valence-corrected chi connectivity index (χ0v) is 19.2. The second-order valence-electron chi connectivity index (χ2n) is 8.48. The molecule has 0 aliphatic carbocycles. The van der Waals surface area contributed by atoms with E-state index in [0.717, 1.165) is 37.3 Å².